The second-order valence-corrected chi connectivity index (χ2v) is 5.75. The summed E-state index contributed by atoms with van der Waals surface area (Å²) in [5, 5.41) is 0.827. The van der Waals surface area contributed by atoms with Crippen LogP contribution < -0.4 is 16.1 Å². The van der Waals surface area contributed by atoms with Crippen molar-refractivity contribution in [1.82, 2.24) is 9.97 Å². The molecule has 0 fully saturated rings. The maximum Gasteiger partial charge on any atom is 0.349 e. The number of benzene rings is 2. The molecule has 0 bridgehead atoms. The molecule has 0 saturated heterocycles. The number of fused-ring (bicyclic) bond motifs is 3. The highest BCUT2D eigenvalue weighted by atomic mass is 16.5. The Morgan fingerprint density at radius 1 is 1.08 bits per heavy atom. The fraction of sp³-hybridized carbons (Fsp3) is 0.105. The quantitative estimate of drug-likeness (QED) is 0.447. The monoisotopic (exact) mass is 333 g/mol. The lowest BCUT2D eigenvalue weighted by Crippen LogP contribution is -2.08. The summed E-state index contributed by atoms with van der Waals surface area (Å²) in [5.41, 5.74) is 8.21. The van der Waals surface area contributed by atoms with Gasteiger partial charge < -0.3 is 14.9 Å². The fourth-order valence-electron chi connectivity index (χ4n) is 2.82. The Bertz CT molecular complexity index is 1160. The van der Waals surface area contributed by atoms with Gasteiger partial charge in [0.05, 0.1) is 12.6 Å². The van der Waals surface area contributed by atoms with Crippen LogP contribution in [-0.2, 0) is 0 Å². The van der Waals surface area contributed by atoms with Crippen LogP contribution >= 0.6 is 0 Å². The van der Waals surface area contributed by atoms with Crippen molar-refractivity contribution in [1.29, 1.82) is 0 Å². The van der Waals surface area contributed by atoms with Crippen molar-refractivity contribution < 1.29 is 9.15 Å². The molecule has 0 atom stereocenters. The molecule has 4 aromatic rings. The minimum atomic E-state index is -0.583. The third kappa shape index (κ3) is 2.39. The van der Waals surface area contributed by atoms with Gasteiger partial charge in [-0.05, 0) is 19.1 Å². The predicted octanol–water partition coefficient (Wildman–Crippen LogP) is 3.30. The number of ether oxygens (including phenoxy) is 1. The largest absolute Gasteiger partial charge is 0.493 e. The molecular formula is C19H15N3O3. The van der Waals surface area contributed by atoms with Crippen molar-refractivity contribution >= 4 is 27.7 Å². The van der Waals surface area contributed by atoms with E-state index >= 15 is 0 Å². The molecule has 2 aromatic heterocycles. The number of nitrogens with two attached hydrogens (primary N) is 1. The first kappa shape index (κ1) is 15.1. The van der Waals surface area contributed by atoms with E-state index in [9.17, 15) is 4.79 Å². The zero-order valence-corrected chi connectivity index (χ0v) is 13.7. The highest BCUT2D eigenvalue weighted by molar-refractivity contribution is 6.07. The summed E-state index contributed by atoms with van der Waals surface area (Å²) in [7, 11) is 1.52. The van der Waals surface area contributed by atoms with Crippen LogP contribution in [0.1, 0.15) is 5.56 Å². The van der Waals surface area contributed by atoms with E-state index < -0.39 is 5.63 Å². The van der Waals surface area contributed by atoms with Gasteiger partial charge in [0.25, 0.3) is 0 Å². The molecule has 4 rings (SSSR count). The van der Waals surface area contributed by atoms with Crippen LogP contribution in [0.2, 0.25) is 0 Å². The molecule has 124 valence electrons. The SMILES string of the molecule is COc1cccc2c1oc(=O)c1c(N)nc(-c3ccc(C)cc3)nc12. The van der Waals surface area contributed by atoms with Gasteiger partial charge in [0.15, 0.2) is 17.2 Å². The van der Waals surface area contributed by atoms with E-state index in [0.717, 1.165) is 11.1 Å². The highest BCUT2D eigenvalue weighted by Crippen LogP contribution is 2.31. The molecule has 0 unspecified atom stereocenters. The van der Waals surface area contributed by atoms with Gasteiger partial charge in [-0.1, -0.05) is 35.9 Å². The number of nitrogens with zero attached hydrogens (tertiary/aromatic N) is 2. The van der Waals surface area contributed by atoms with Crippen LogP contribution in [0.5, 0.6) is 5.75 Å². The molecule has 0 amide bonds. The van der Waals surface area contributed by atoms with Gasteiger partial charge in [0.2, 0.25) is 0 Å². The maximum absolute atomic E-state index is 12.4. The zero-order chi connectivity index (χ0) is 17.6. The third-order valence-corrected chi connectivity index (χ3v) is 4.10. The standard InChI is InChI=1S/C19H15N3O3/c1-10-6-8-11(9-7-10)18-21-15-12-4-3-5-13(24-2)16(12)25-19(23)14(15)17(20)22-18/h3-9H,1-2H3,(H2,20,21,22). The summed E-state index contributed by atoms with van der Waals surface area (Å²) in [5.74, 6) is 1.02. The van der Waals surface area contributed by atoms with Gasteiger partial charge in [0, 0.05) is 10.9 Å². The molecule has 2 heterocycles. The van der Waals surface area contributed by atoms with E-state index in [4.69, 9.17) is 14.9 Å². The Morgan fingerprint density at radius 3 is 2.56 bits per heavy atom. The lowest BCUT2D eigenvalue weighted by molar-refractivity contribution is 0.407. The van der Waals surface area contributed by atoms with Crippen LogP contribution in [0.25, 0.3) is 33.3 Å². The average molecular weight is 333 g/mol. The van der Waals surface area contributed by atoms with Crippen LogP contribution in [0.4, 0.5) is 5.82 Å². The van der Waals surface area contributed by atoms with Crippen molar-refractivity contribution in [3.8, 4) is 17.1 Å². The Labute approximate surface area is 142 Å². The summed E-state index contributed by atoms with van der Waals surface area (Å²) < 4.78 is 10.7. The van der Waals surface area contributed by atoms with Crippen molar-refractivity contribution in [2.45, 2.75) is 6.92 Å². The molecule has 2 N–H and O–H groups in total. The average Bonchev–Trinajstić information content (AvgIpc) is 2.61. The lowest BCUT2D eigenvalue weighted by atomic mass is 10.1. The molecule has 0 spiro atoms. The Kier molecular flexibility index (Phi) is 3.39. The van der Waals surface area contributed by atoms with Gasteiger partial charge in [-0.2, -0.15) is 0 Å². The number of rotatable bonds is 2. The number of aryl methyl sites for hydroxylation is 1. The first-order valence-corrected chi connectivity index (χ1v) is 7.72. The molecule has 0 aliphatic heterocycles. The Morgan fingerprint density at radius 2 is 1.84 bits per heavy atom. The van der Waals surface area contributed by atoms with Gasteiger partial charge in [-0.3, -0.25) is 0 Å². The smallest absolute Gasteiger partial charge is 0.349 e. The van der Waals surface area contributed by atoms with Crippen molar-refractivity contribution in [3.05, 3.63) is 58.4 Å². The summed E-state index contributed by atoms with van der Waals surface area (Å²) in [4.78, 5) is 21.3. The van der Waals surface area contributed by atoms with E-state index in [1.807, 2.05) is 43.3 Å². The second kappa shape index (κ2) is 5.59. The van der Waals surface area contributed by atoms with E-state index in [1.54, 1.807) is 6.07 Å². The number of aromatic nitrogens is 2. The van der Waals surface area contributed by atoms with Crippen molar-refractivity contribution in [2.75, 3.05) is 12.8 Å². The number of anilines is 1. The van der Waals surface area contributed by atoms with E-state index in [-0.39, 0.29) is 11.2 Å². The van der Waals surface area contributed by atoms with Gasteiger partial charge >= 0.3 is 5.63 Å². The van der Waals surface area contributed by atoms with Crippen LogP contribution in [0, 0.1) is 6.92 Å². The zero-order valence-electron chi connectivity index (χ0n) is 13.7. The van der Waals surface area contributed by atoms with Crippen molar-refractivity contribution in [2.24, 2.45) is 0 Å². The summed E-state index contributed by atoms with van der Waals surface area (Å²) in [6, 6.07) is 13.1. The van der Waals surface area contributed by atoms with Crippen LogP contribution in [0.15, 0.2) is 51.7 Å². The number of hydrogen-bond acceptors (Lipinski definition) is 6. The highest BCUT2D eigenvalue weighted by Gasteiger charge is 2.17. The van der Waals surface area contributed by atoms with E-state index in [2.05, 4.69) is 9.97 Å². The molecule has 0 radical (unpaired) electrons. The molecule has 25 heavy (non-hydrogen) atoms. The first-order valence-electron chi connectivity index (χ1n) is 7.72. The van der Waals surface area contributed by atoms with E-state index in [1.165, 1.54) is 7.11 Å². The molecule has 0 saturated carbocycles. The third-order valence-electron chi connectivity index (χ3n) is 4.10. The van der Waals surface area contributed by atoms with Gasteiger partial charge in [-0.15, -0.1) is 0 Å². The fourth-order valence-corrected chi connectivity index (χ4v) is 2.82. The molecular weight excluding hydrogens is 318 g/mol. The minimum absolute atomic E-state index is 0.0963. The summed E-state index contributed by atoms with van der Waals surface area (Å²) in [6.07, 6.45) is 0. The predicted molar refractivity (Wildman–Crippen MR) is 96.7 cm³/mol. The van der Waals surface area contributed by atoms with Gasteiger partial charge in [-0.25, -0.2) is 14.8 Å². The normalized spacial score (nSPS) is 11.1. The number of methoxy groups -OCH3 is 1. The number of para-hydroxylation sites is 1. The topological polar surface area (TPSA) is 91.2 Å². The molecule has 6 heteroatoms. The second-order valence-electron chi connectivity index (χ2n) is 5.75. The molecule has 0 aliphatic rings. The number of nitrogen functional groups attached to an aromatic ring is 1. The molecule has 2 aromatic carbocycles. The maximum atomic E-state index is 12.4. The minimum Gasteiger partial charge on any atom is -0.493 e. The van der Waals surface area contributed by atoms with E-state index in [0.29, 0.717) is 28.1 Å². The Balaban J connectivity index is 2.12. The summed E-state index contributed by atoms with van der Waals surface area (Å²) >= 11 is 0. The molecule has 6 nitrogen and oxygen atoms in total. The first-order chi connectivity index (χ1) is 12.1. The van der Waals surface area contributed by atoms with Crippen LogP contribution in [0.3, 0.4) is 0 Å². The van der Waals surface area contributed by atoms with Gasteiger partial charge in [0.1, 0.15) is 11.2 Å². The van der Waals surface area contributed by atoms with Crippen LogP contribution in [-0.4, -0.2) is 17.1 Å². The van der Waals surface area contributed by atoms with Crippen molar-refractivity contribution in [3.63, 3.8) is 0 Å². The number of hydrogen-bond donors (Lipinski definition) is 1. The summed E-state index contributed by atoms with van der Waals surface area (Å²) in [6.45, 7) is 2.00. The lowest BCUT2D eigenvalue weighted by Gasteiger charge is -2.09. The Hall–Kier alpha value is -3.41. The molecule has 0 aliphatic carbocycles.